The van der Waals surface area contributed by atoms with E-state index in [9.17, 15) is 18.5 Å². The monoisotopic (exact) mass is 285 g/mol. The number of benzene rings is 1. The lowest BCUT2D eigenvalue weighted by Gasteiger charge is -2.30. The van der Waals surface area contributed by atoms with Crippen molar-refractivity contribution in [1.82, 2.24) is 9.62 Å². The highest BCUT2D eigenvalue weighted by atomic mass is 32.2. The van der Waals surface area contributed by atoms with Crippen LogP contribution in [-0.2, 0) is 10.0 Å². The molecule has 1 atom stereocenters. The first-order chi connectivity index (χ1) is 8.91. The fourth-order valence-electron chi connectivity index (χ4n) is 2.02. The summed E-state index contributed by atoms with van der Waals surface area (Å²) in [6, 6.07) is 5.22. The van der Waals surface area contributed by atoms with E-state index in [0.29, 0.717) is 19.6 Å². The third-order valence-corrected chi connectivity index (χ3v) is 4.86. The molecule has 0 aromatic heterocycles. The second-order valence-electron chi connectivity index (χ2n) is 4.47. The largest absolute Gasteiger partial charge is 0.312 e. The number of piperazine rings is 1. The van der Waals surface area contributed by atoms with Crippen LogP contribution in [0.2, 0.25) is 0 Å². The molecule has 1 saturated heterocycles. The zero-order valence-electron chi connectivity index (χ0n) is 10.4. The summed E-state index contributed by atoms with van der Waals surface area (Å²) < 4.78 is 26.1. The van der Waals surface area contributed by atoms with Crippen LogP contribution in [0.3, 0.4) is 0 Å². The Morgan fingerprint density at radius 3 is 2.84 bits per heavy atom. The third kappa shape index (κ3) is 2.91. The zero-order valence-corrected chi connectivity index (χ0v) is 11.3. The van der Waals surface area contributed by atoms with Gasteiger partial charge in [-0.05, 0) is 13.0 Å². The number of nitrogens with one attached hydrogen (secondary N) is 1. The molecule has 1 aliphatic heterocycles. The maximum Gasteiger partial charge on any atom is 0.270 e. The van der Waals surface area contributed by atoms with E-state index in [-0.39, 0.29) is 16.6 Å². The van der Waals surface area contributed by atoms with Gasteiger partial charge in [-0.2, -0.15) is 4.31 Å². The topological polar surface area (TPSA) is 92.5 Å². The first kappa shape index (κ1) is 13.9. The Hall–Kier alpha value is -1.51. The summed E-state index contributed by atoms with van der Waals surface area (Å²) in [6.45, 7) is 3.21. The molecule has 8 heteroatoms. The van der Waals surface area contributed by atoms with E-state index in [0.717, 1.165) is 6.07 Å². The Bertz CT molecular complexity index is 587. The Balaban J connectivity index is 2.33. The lowest BCUT2D eigenvalue weighted by atomic mass is 10.3. The molecule has 0 spiro atoms. The molecule has 0 radical (unpaired) electrons. The average molecular weight is 285 g/mol. The van der Waals surface area contributed by atoms with E-state index in [4.69, 9.17) is 0 Å². The van der Waals surface area contributed by atoms with Gasteiger partial charge in [0.25, 0.3) is 5.69 Å². The number of hydrogen-bond acceptors (Lipinski definition) is 5. The number of hydrogen-bond donors (Lipinski definition) is 1. The molecule has 7 nitrogen and oxygen atoms in total. The van der Waals surface area contributed by atoms with E-state index in [2.05, 4.69) is 5.32 Å². The summed E-state index contributed by atoms with van der Waals surface area (Å²) in [4.78, 5) is 10.1. The molecule has 0 unspecified atom stereocenters. The van der Waals surface area contributed by atoms with Crippen LogP contribution in [0, 0.1) is 10.1 Å². The fourth-order valence-corrected chi connectivity index (χ4v) is 3.59. The Labute approximate surface area is 111 Å². The molecule has 1 aromatic rings. The van der Waals surface area contributed by atoms with Gasteiger partial charge in [0.05, 0.1) is 9.82 Å². The van der Waals surface area contributed by atoms with Crippen molar-refractivity contribution in [2.45, 2.75) is 17.9 Å². The van der Waals surface area contributed by atoms with E-state index in [1.165, 1.54) is 22.5 Å². The molecule has 0 aliphatic carbocycles. The molecule has 2 rings (SSSR count). The predicted octanol–water partition coefficient (Wildman–Crippen LogP) is 0.577. The van der Waals surface area contributed by atoms with Gasteiger partial charge in [0.2, 0.25) is 10.0 Å². The minimum absolute atomic E-state index is 0.0317. The highest BCUT2D eigenvalue weighted by Gasteiger charge is 2.29. The molecule has 1 heterocycles. The number of sulfonamides is 1. The van der Waals surface area contributed by atoms with Crippen LogP contribution in [-0.4, -0.2) is 43.3 Å². The minimum Gasteiger partial charge on any atom is -0.312 e. The molecular weight excluding hydrogens is 270 g/mol. The highest BCUT2D eigenvalue weighted by Crippen LogP contribution is 2.21. The van der Waals surface area contributed by atoms with Crippen molar-refractivity contribution in [3.63, 3.8) is 0 Å². The smallest absolute Gasteiger partial charge is 0.270 e. The average Bonchev–Trinajstić information content (AvgIpc) is 2.39. The molecule has 1 aliphatic rings. The quantitative estimate of drug-likeness (QED) is 0.647. The van der Waals surface area contributed by atoms with Crippen molar-refractivity contribution < 1.29 is 13.3 Å². The normalized spacial score (nSPS) is 21.2. The van der Waals surface area contributed by atoms with Crippen LogP contribution < -0.4 is 5.32 Å². The van der Waals surface area contributed by atoms with Crippen LogP contribution in [0.15, 0.2) is 29.2 Å². The van der Waals surface area contributed by atoms with Gasteiger partial charge in [-0.15, -0.1) is 0 Å². The summed E-state index contributed by atoms with van der Waals surface area (Å²) in [5.41, 5.74) is -0.218. The van der Waals surface area contributed by atoms with Gasteiger partial charge in [0, 0.05) is 37.8 Å². The second-order valence-corrected chi connectivity index (χ2v) is 6.41. The SMILES string of the molecule is C[C@@H]1CN(S(=O)(=O)c2cccc([N+](=O)[O-])c2)CCN1. The van der Waals surface area contributed by atoms with E-state index >= 15 is 0 Å². The summed E-state index contributed by atoms with van der Waals surface area (Å²) >= 11 is 0. The van der Waals surface area contributed by atoms with Crippen molar-refractivity contribution in [1.29, 1.82) is 0 Å². The molecule has 19 heavy (non-hydrogen) atoms. The number of non-ortho nitro benzene ring substituents is 1. The van der Waals surface area contributed by atoms with Crippen molar-refractivity contribution >= 4 is 15.7 Å². The molecule has 104 valence electrons. The van der Waals surface area contributed by atoms with Crippen molar-refractivity contribution in [3.8, 4) is 0 Å². The predicted molar refractivity (Wildman–Crippen MR) is 69.3 cm³/mol. The Morgan fingerprint density at radius 2 is 2.21 bits per heavy atom. The maximum atomic E-state index is 12.4. The van der Waals surface area contributed by atoms with Crippen LogP contribution in [0.4, 0.5) is 5.69 Å². The van der Waals surface area contributed by atoms with E-state index in [1.54, 1.807) is 0 Å². The van der Waals surface area contributed by atoms with Crippen LogP contribution in [0.5, 0.6) is 0 Å². The van der Waals surface area contributed by atoms with Crippen molar-refractivity contribution in [2.24, 2.45) is 0 Å². The van der Waals surface area contributed by atoms with Crippen LogP contribution in [0.25, 0.3) is 0 Å². The standard InChI is InChI=1S/C11H15N3O4S/c1-9-8-13(6-5-12-9)19(17,18)11-4-2-3-10(7-11)14(15)16/h2-4,7,9,12H,5-6,8H2,1H3/t9-/m1/s1. The summed E-state index contributed by atoms with van der Waals surface area (Å²) in [7, 11) is -3.66. The van der Waals surface area contributed by atoms with E-state index in [1.807, 2.05) is 6.92 Å². The maximum absolute atomic E-state index is 12.4. The van der Waals surface area contributed by atoms with Gasteiger partial charge in [-0.3, -0.25) is 10.1 Å². The number of nitro groups is 1. The van der Waals surface area contributed by atoms with Gasteiger partial charge in [-0.25, -0.2) is 8.42 Å². The van der Waals surface area contributed by atoms with Gasteiger partial charge >= 0.3 is 0 Å². The molecule has 0 amide bonds. The third-order valence-electron chi connectivity index (χ3n) is 3.00. The number of nitrogens with zero attached hydrogens (tertiary/aromatic N) is 2. The molecular formula is C11H15N3O4S. The first-order valence-corrected chi connectivity index (χ1v) is 7.33. The van der Waals surface area contributed by atoms with Gasteiger partial charge in [0.15, 0.2) is 0 Å². The molecule has 1 N–H and O–H groups in total. The Kier molecular flexibility index (Phi) is 3.83. The number of rotatable bonds is 3. The highest BCUT2D eigenvalue weighted by molar-refractivity contribution is 7.89. The van der Waals surface area contributed by atoms with Crippen LogP contribution in [0.1, 0.15) is 6.92 Å². The molecule has 0 saturated carbocycles. The van der Waals surface area contributed by atoms with Crippen LogP contribution >= 0.6 is 0 Å². The minimum atomic E-state index is -3.66. The lowest BCUT2D eigenvalue weighted by Crippen LogP contribution is -2.51. The lowest BCUT2D eigenvalue weighted by molar-refractivity contribution is -0.385. The van der Waals surface area contributed by atoms with Gasteiger partial charge < -0.3 is 5.32 Å². The molecule has 1 aromatic carbocycles. The number of nitro benzene ring substituents is 1. The molecule has 1 fully saturated rings. The Morgan fingerprint density at radius 1 is 1.47 bits per heavy atom. The first-order valence-electron chi connectivity index (χ1n) is 5.89. The summed E-state index contributed by atoms with van der Waals surface area (Å²) in [5.74, 6) is 0. The summed E-state index contributed by atoms with van der Waals surface area (Å²) in [6.07, 6.45) is 0. The van der Waals surface area contributed by atoms with Gasteiger partial charge in [-0.1, -0.05) is 6.07 Å². The second kappa shape index (κ2) is 5.24. The zero-order chi connectivity index (χ0) is 14.0. The van der Waals surface area contributed by atoms with E-state index < -0.39 is 14.9 Å². The fraction of sp³-hybridized carbons (Fsp3) is 0.455. The van der Waals surface area contributed by atoms with Gasteiger partial charge in [0.1, 0.15) is 0 Å². The summed E-state index contributed by atoms with van der Waals surface area (Å²) in [5, 5.41) is 13.8. The van der Waals surface area contributed by atoms with Crippen molar-refractivity contribution in [3.05, 3.63) is 34.4 Å². The van der Waals surface area contributed by atoms with Crippen molar-refractivity contribution in [2.75, 3.05) is 19.6 Å². The molecule has 0 bridgehead atoms.